The van der Waals surface area contributed by atoms with Crippen LogP contribution in [0.4, 0.5) is 11.5 Å². The number of fused-ring (bicyclic) bond motifs is 3. The zero-order valence-corrected chi connectivity index (χ0v) is 15.0. The summed E-state index contributed by atoms with van der Waals surface area (Å²) in [7, 11) is 0. The molecule has 8 nitrogen and oxygen atoms in total. The number of nitrogens with zero attached hydrogens (tertiary/aromatic N) is 4. The molecule has 0 saturated heterocycles. The van der Waals surface area contributed by atoms with E-state index < -0.39 is 4.92 Å². The molecule has 1 unspecified atom stereocenters. The normalized spacial score (nSPS) is 16.6. The minimum atomic E-state index is -0.539. The lowest BCUT2D eigenvalue weighted by molar-refractivity contribution is -0.385. The molecule has 0 fully saturated rings. The van der Waals surface area contributed by atoms with Crippen molar-refractivity contribution in [2.24, 2.45) is 5.92 Å². The quantitative estimate of drug-likeness (QED) is 0.558. The monoisotopic (exact) mass is 371 g/mol. The Morgan fingerprint density at radius 3 is 3.00 bits per heavy atom. The molecule has 134 valence electrons. The standard InChI is InChI=1S/C17H17N5O3S/c1-9-2-4-11-12(6-9)26-17-15(11)16(18)19-13(20-17)8-21-7-10(22(24)25)3-5-14(21)23/h3,5,7,9H,2,4,6,8H2,1H3,(H2,18,19,20). The molecule has 0 saturated carbocycles. The first-order chi connectivity index (χ1) is 12.4. The van der Waals surface area contributed by atoms with Gasteiger partial charge in [0.05, 0.1) is 23.1 Å². The topological polar surface area (TPSA) is 117 Å². The maximum atomic E-state index is 12.0. The zero-order chi connectivity index (χ0) is 18.4. The maximum Gasteiger partial charge on any atom is 0.285 e. The van der Waals surface area contributed by atoms with Crippen molar-refractivity contribution < 1.29 is 4.92 Å². The Labute approximate surface area is 152 Å². The minimum Gasteiger partial charge on any atom is -0.383 e. The van der Waals surface area contributed by atoms with Gasteiger partial charge < -0.3 is 10.3 Å². The van der Waals surface area contributed by atoms with Crippen molar-refractivity contribution in [3.63, 3.8) is 0 Å². The van der Waals surface area contributed by atoms with Crippen LogP contribution in [0.3, 0.4) is 0 Å². The number of aryl methyl sites for hydroxylation is 1. The van der Waals surface area contributed by atoms with E-state index in [4.69, 9.17) is 5.73 Å². The van der Waals surface area contributed by atoms with E-state index in [0.29, 0.717) is 17.6 Å². The third-order valence-corrected chi connectivity index (χ3v) is 5.87. The summed E-state index contributed by atoms with van der Waals surface area (Å²) in [6, 6.07) is 2.36. The van der Waals surface area contributed by atoms with Gasteiger partial charge in [-0.1, -0.05) is 6.92 Å². The van der Waals surface area contributed by atoms with Crippen LogP contribution in [0.1, 0.15) is 29.6 Å². The Morgan fingerprint density at radius 1 is 1.42 bits per heavy atom. The van der Waals surface area contributed by atoms with Gasteiger partial charge in [-0.25, -0.2) is 9.97 Å². The summed E-state index contributed by atoms with van der Waals surface area (Å²) in [5, 5.41) is 11.8. The molecule has 2 N–H and O–H groups in total. The summed E-state index contributed by atoms with van der Waals surface area (Å²) in [6.45, 7) is 2.28. The fourth-order valence-electron chi connectivity index (χ4n) is 3.39. The van der Waals surface area contributed by atoms with E-state index in [1.165, 1.54) is 33.3 Å². The second kappa shape index (κ2) is 6.17. The van der Waals surface area contributed by atoms with Crippen LogP contribution >= 0.6 is 11.3 Å². The smallest absolute Gasteiger partial charge is 0.285 e. The van der Waals surface area contributed by atoms with Gasteiger partial charge in [0.15, 0.2) is 5.82 Å². The first-order valence-corrected chi connectivity index (χ1v) is 9.15. The van der Waals surface area contributed by atoms with Gasteiger partial charge in [0.1, 0.15) is 10.6 Å². The van der Waals surface area contributed by atoms with Gasteiger partial charge in [-0.2, -0.15) is 0 Å². The third-order valence-electron chi connectivity index (χ3n) is 4.72. The number of nitro groups is 1. The molecule has 26 heavy (non-hydrogen) atoms. The fourth-order valence-corrected chi connectivity index (χ4v) is 4.80. The van der Waals surface area contributed by atoms with E-state index in [-0.39, 0.29) is 17.8 Å². The molecule has 0 bridgehead atoms. The van der Waals surface area contributed by atoms with Crippen molar-refractivity contribution in [1.29, 1.82) is 0 Å². The van der Waals surface area contributed by atoms with Gasteiger partial charge >= 0.3 is 0 Å². The van der Waals surface area contributed by atoms with Crippen LogP contribution in [0.15, 0.2) is 23.1 Å². The highest BCUT2D eigenvalue weighted by atomic mass is 32.1. The predicted molar refractivity (Wildman–Crippen MR) is 99.5 cm³/mol. The van der Waals surface area contributed by atoms with Crippen molar-refractivity contribution in [3.05, 3.63) is 55.1 Å². The van der Waals surface area contributed by atoms with E-state index in [2.05, 4.69) is 16.9 Å². The van der Waals surface area contributed by atoms with Gasteiger partial charge in [-0.3, -0.25) is 14.9 Å². The van der Waals surface area contributed by atoms with E-state index in [9.17, 15) is 14.9 Å². The molecule has 1 aliphatic rings. The first-order valence-electron chi connectivity index (χ1n) is 8.34. The molecule has 4 rings (SSSR count). The van der Waals surface area contributed by atoms with Crippen LogP contribution < -0.4 is 11.3 Å². The summed E-state index contributed by atoms with van der Waals surface area (Å²) in [5.41, 5.74) is 6.94. The summed E-state index contributed by atoms with van der Waals surface area (Å²) < 4.78 is 1.23. The van der Waals surface area contributed by atoms with Crippen molar-refractivity contribution in [3.8, 4) is 0 Å². The van der Waals surface area contributed by atoms with Crippen LogP contribution in [0, 0.1) is 16.0 Å². The second-order valence-electron chi connectivity index (χ2n) is 6.67. The molecule has 0 spiro atoms. The highest BCUT2D eigenvalue weighted by Crippen LogP contribution is 2.39. The van der Waals surface area contributed by atoms with Crippen molar-refractivity contribution in [1.82, 2.24) is 14.5 Å². The molecular formula is C17H17N5O3S. The van der Waals surface area contributed by atoms with Crippen molar-refractivity contribution in [2.75, 3.05) is 5.73 Å². The molecule has 3 aromatic heterocycles. The Balaban J connectivity index is 1.76. The number of nitrogen functional groups attached to an aromatic ring is 1. The van der Waals surface area contributed by atoms with E-state index in [1.807, 2.05) is 0 Å². The third kappa shape index (κ3) is 2.84. The lowest BCUT2D eigenvalue weighted by Gasteiger charge is -2.17. The van der Waals surface area contributed by atoms with Crippen LogP contribution in [0.25, 0.3) is 10.2 Å². The van der Waals surface area contributed by atoms with Gasteiger partial charge in [0.25, 0.3) is 11.2 Å². The molecule has 0 radical (unpaired) electrons. The number of anilines is 1. The molecule has 0 amide bonds. The second-order valence-corrected chi connectivity index (χ2v) is 7.75. The van der Waals surface area contributed by atoms with Crippen LogP contribution in [0.2, 0.25) is 0 Å². The number of hydrogen-bond acceptors (Lipinski definition) is 7. The van der Waals surface area contributed by atoms with Crippen LogP contribution in [-0.2, 0) is 19.4 Å². The summed E-state index contributed by atoms with van der Waals surface area (Å²) in [4.78, 5) is 33.4. The molecular weight excluding hydrogens is 354 g/mol. The summed E-state index contributed by atoms with van der Waals surface area (Å²) in [5.74, 6) is 1.44. The van der Waals surface area contributed by atoms with Crippen LogP contribution in [-0.4, -0.2) is 19.5 Å². The fraction of sp³-hybridized carbons (Fsp3) is 0.353. The molecule has 0 aromatic carbocycles. The number of nitrogens with two attached hydrogens (primary N) is 1. The molecule has 1 atom stereocenters. The Bertz CT molecular complexity index is 1090. The number of aromatic nitrogens is 3. The largest absolute Gasteiger partial charge is 0.383 e. The highest BCUT2D eigenvalue weighted by molar-refractivity contribution is 7.19. The Hall–Kier alpha value is -2.81. The Kier molecular flexibility index (Phi) is 3.95. The highest BCUT2D eigenvalue weighted by Gasteiger charge is 2.23. The minimum absolute atomic E-state index is 0.0413. The lowest BCUT2D eigenvalue weighted by atomic mass is 9.89. The summed E-state index contributed by atoms with van der Waals surface area (Å²) in [6.07, 6.45) is 4.33. The van der Waals surface area contributed by atoms with Gasteiger partial charge in [-0.15, -0.1) is 11.3 Å². The number of rotatable bonds is 3. The number of thiophene rings is 1. The predicted octanol–water partition coefficient (Wildman–Crippen LogP) is 2.52. The average Bonchev–Trinajstić information content (AvgIpc) is 2.94. The van der Waals surface area contributed by atoms with E-state index in [0.717, 1.165) is 29.5 Å². The molecule has 1 aliphatic carbocycles. The zero-order valence-electron chi connectivity index (χ0n) is 14.1. The van der Waals surface area contributed by atoms with Crippen molar-refractivity contribution >= 4 is 33.1 Å². The SMILES string of the molecule is CC1CCc2c(sc3nc(Cn4cc([N+](=O)[O-])ccc4=O)nc(N)c23)C1. The van der Waals surface area contributed by atoms with Gasteiger partial charge in [-0.05, 0) is 30.7 Å². The van der Waals surface area contributed by atoms with E-state index in [1.54, 1.807) is 11.3 Å². The molecule has 0 aliphatic heterocycles. The maximum absolute atomic E-state index is 12.0. The Morgan fingerprint density at radius 2 is 2.23 bits per heavy atom. The van der Waals surface area contributed by atoms with E-state index >= 15 is 0 Å². The molecule has 3 aromatic rings. The number of hydrogen-bond donors (Lipinski definition) is 1. The van der Waals surface area contributed by atoms with Gasteiger partial charge in [0.2, 0.25) is 0 Å². The molecule has 9 heteroatoms. The van der Waals surface area contributed by atoms with Crippen molar-refractivity contribution in [2.45, 2.75) is 32.7 Å². The number of pyridine rings is 1. The first kappa shape index (κ1) is 16.6. The average molecular weight is 371 g/mol. The molecule has 3 heterocycles. The van der Waals surface area contributed by atoms with Gasteiger partial charge in [0, 0.05) is 17.0 Å². The summed E-state index contributed by atoms with van der Waals surface area (Å²) >= 11 is 1.63. The van der Waals surface area contributed by atoms with Crippen LogP contribution in [0.5, 0.6) is 0 Å². The lowest BCUT2D eigenvalue weighted by Crippen LogP contribution is -2.20.